The first-order chi connectivity index (χ1) is 7.13. The van der Waals surface area contributed by atoms with Gasteiger partial charge in [-0.2, -0.15) is 0 Å². The lowest BCUT2D eigenvalue weighted by Crippen LogP contribution is -2.20. The summed E-state index contributed by atoms with van der Waals surface area (Å²) in [4.78, 5) is 25.4. The normalized spacial score (nSPS) is 9.67. The van der Waals surface area contributed by atoms with E-state index in [1.54, 1.807) is 7.05 Å². The lowest BCUT2D eigenvalue weighted by molar-refractivity contribution is -0.120. The third kappa shape index (κ3) is 3.55. The SMILES string of the molecule is CNC(=O)CCNc1ncc(C(=O)O)s1. The molecule has 0 aliphatic carbocycles. The van der Waals surface area contributed by atoms with Gasteiger partial charge in [0.05, 0.1) is 6.20 Å². The van der Waals surface area contributed by atoms with Gasteiger partial charge in [0.25, 0.3) is 0 Å². The van der Waals surface area contributed by atoms with Crippen molar-refractivity contribution in [2.24, 2.45) is 0 Å². The van der Waals surface area contributed by atoms with Gasteiger partial charge in [-0.1, -0.05) is 11.3 Å². The Bertz CT molecular complexity index is 364. The zero-order valence-electron chi connectivity index (χ0n) is 8.11. The van der Waals surface area contributed by atoms with Crippen LogP contribution in [0, 0.1) is 0 Å². The highest BCUT2D eigenvalue weighted by atomic mass is 32.1. The number of anilines is 1. The Hall–Kier alpha value is -1.63. The summed E-state index contributed by atoms with van der Waals surface area (Å²) in [5, 5.41) is 14.5. The fourth-order valence-corrected chi connectivity index (χ4v) is 1.54. The van der Waals surface area contributed by atoms with Crippen LogP contribution in [0.5, 0.6) is 0 Å². The molecule has 0 fully saturated rings. The smallest absolute Gasteiger partial charge is 0.347 e. The maximum atomic E-state index is 10.9. The topological polar surface area (TPSA) is 91.3 Å². The molecule has 0 bridgehead atoms. The average Bonchev–Trinajstić information content (AvgIpc) is 2.66. The van der Waals surface area contributed by atoms with E-state index in [0.717, 1.165) is 11.3 Å². The third-order valence-electron chi connectivity index (χ3n) is 1.62. The molecule has 0 radical (unpaired) electrons. The Labute approximate surface area is 90.3 Å². The molecule has 7 heteroatoms. The molecule has 0 unspecified atom stereocenters. The van der Waals surface area contributed by atoms with E-state index < -0.39 is 5.97 Å². The maximum absolute atomic E-state index is 10.9. The molecule has 1 rings (SSSR count). The van der Waals surface area contributed by atoms with E-state index in [0.29, 0.717) is 18.1 Å². The number of rotatable bonds is 5. The van der Waals surface area contributed by atoms with Gasteiger partial charge < -0.3 is 15.7 Å². The molecule has 3 N–H and O–H groups in total. The number of carbonyl (C=O) groups is 2. The van der Waals surface area contributed by atoms with Crippen molar-refractivity contribution in [1.29, 1.82) is 0 Å². The van der Waals surface area contributed by atoms with Gasteiger partial charge in [0, 0.05) is 20.0 Å². The van der Waals surface area contributed by atoms with Crippen LogP contribution in [0.3, 0.4) is 0 Å². The molecule has 1 aromatic heterocycles. The van der Waals surface area contributed by atoms with Crippen molar-refractivity contribution >= 4 is 28.3 Å². The second-order valence-corrected chi connectivity index (χ2v) is 3.72. The van der Waals surface area contributed by atoms with Crippen molar-refractivity contribution in [3.05, 3.63) is 11.1 Å². The van der Waals surface area contributed by atoms with Crippen molar-refractivity contribution in [2.75, 3.05) is 18.9 Å². The van der Waals surface area contributed by atoms with Gasteiger partial charge in [0.1, 0.15) is 4.88 Å². The van der Waals surface area contributed by atoms with E-state index in [1.807, 2.05) is 0 Å². The third-order valence-corrected chi connectivity index (χ3v) is 2.57. The maximum Gasteiger partial charge on any atom is 0.347 e. The van der Waals surface area contributed by atoms with Crippen LogP contribution >= 0.6 is 11.3 Å². The predicted molar refractivity (Wildman–Crippen MR) is 56.2 cm³/mol. The lowest BCUT2D eigenvalue weighted by atomic mass is 10.4. The van der Waals surface area contributed by atoms with Gasteiger partial charge in [0.2, 0.25) is 5.91 Å². The molecule has 0 saturated carbocycles. The zero-order valence-corrected chi connectivity index (χ0v) is 8.93. The molecule has 0 aromatic carbocycles. The summed E-state index contributed by atoms with van der Waals surface area (Å²) in [5.74, 6) is -1.07. The van der Waals surface area contributed by atoms with E-state index in [2.05, 4.69) is 15.6 Å². The molecular weight excluding hydrogens is 218 g/mol. The van der Waals surface area contributed by atoms with Crippen molar-refractivity contribution < 1.29 is 14.7 Å². The van der Waals surface area contributed by atoms with Crippen LogP contribution in [0.2, 0.25) is 0 Å². The number of hydrogen-bond donors (Lipinski definition) is 3. The fourth-order valence-electron chi connectivity index (χ4n) is 0.863. The van der Waals surface area contributed by atoms with E-state index in [9.17, 15) is 9.59 Å². The van der Waals surface area contributed by atoms with Gasteiger partial charge in [-0.15, -0.1) is 0 Å². The summed E-state index contributed by atoms with van der Waals surface area (Å²) in [6, 6.07) is 0. The van der Waals surface area contributed by atoms with Gasteiger partial charge in [-0.05, 0) is 0 Å². The number of aromatic nitrogens is 1. The standard InChI is InChI=1S/C8H11N3O3S/c1-9-6(12)2-3-10-8-11-4-5(15-8)7(13)14/h4H,2-3H2,1H3,(H,9,12)(H,10,11)(H,13,14). The summed E-state index contributed by atoms with van der Waals surface area (Å²) < 4.78 is 0. The summed E-state index contributed by atoms with van der Waals surface area (Å²) in [6.07, 6.45) is 1.62. The fraction of sp³-hybridized carbons (Fsp3) is 0.375. The number of thiazole rings is 1. The first-order valence-corrected chi connectivity index (χ1v) is 5.08. The minimum atomic E-state index is -0.994. The number of amides is 1. The van der Waals surface area contributed by atoms with Crippen LogP contribution in [0.25, 0.3) is 0 Å². The van der Waals surface area contributed by atoms with Gasteiger partial charge in [0.15, 0.2) is 5.13 Å². The summed E-state index contributed by atoms with van der Waals surface area (Å²) >= 11 is 1.05. The Morgan fingerprint density at radius 2 is 2.33 bits per heavy atom. The van der Waals surface area contributed by atoms with Crippen molar-refractivity contribution in [2.45, 2.75) is 6.42 Å². The highest BCUT2D eigenvalue weighted by molar-refractivity contribution is 7.17. The molecule has 0 spiro atoms. The Morgan fingerprint density at radius 1 is 1.60 bits per heavy atom. The molecule has 6 nitrogen and oxygen atoms in total. The van der Waals surface area contributed by atoms with Crippen LogP contribution in [0.1, 0.15) is 16.1 Å². The molecule has 0 saturated heterocycles. The first kappa shape index (κ1) is 11.4. The molecule has 1 heterocycles. The molecule has 0 aliphatic heterocycles. The molecule has 15 heavy (non-hydrogen) atoms. The number of carboxylic acids is 1. The number of nitrogens with zero attached hydrogens (tertiary/aromatic N) is 1. The van der Waals surface area contributed by atoms with Crippen LogP contribution in [0.4, 0.5) is 5.13 Å². The van der Waals surface area contributed by atoms with Gasteiger partial charge in [-0.25, -0.2) is 9.78 Å². The van der Waals surface area contributed by atoms with Gasteiger partial charge in [-0.3, -0.25) is 4.79 Å². The van der Waals surface area contributed by atoms with E-state index in [4.69, 9.17) is 5.11 Å². The van der Waals surface area contributed by atoms with Crippen molar-refractivity contribution in [3.63, 3.8) is 0 Å². The van der Waals surface area contributed by atoms with Crippen LogP contribution in [-0.4, -0.2) is 35.6 Å². The van der Waals surface area contributed by atoms with Crippen molar-refractivity contribution in [3.8, 4) is 0 Å². The Balaban J connectivity index is 2.38. The number of nitrogens with one attached hydrogen (secondary N) is 2. The number of aromatic carboxylic acids is 1. The largest absolute Gasteiger partial charge is 0.477 e. The minimum absolute atomic E-state index is 0.0717. The summed E-state index contributed by atoms with van der Waals surface area (Å²) in [5.41, 5.74) is 0. The Morgan fingerprint density at radius 3 is 2.87 bits per heavy atom. The highest BCUT2D eigenvalue weighted by Crippen LogP contribution is 2.17. The summed E-state index contributed by atoms with van der Waals surface area (Å²) in [7, 11) is 1.56. The average molecular weight is 229 g/mol. The molecular formula is C8H11N3O3S. The second-order valence-electron chi connectivity index (χ2n) is 2.68. The highest BCUT2D eigenvalue weighted by Gasteiger charge is 2.07. The minimum Gasteiger partial charge on any atom is -0.477 e. The van der Waals surface area contributed by atoms with Crippen molar-refractivity contribution in [1.82, 2.24) is 10.3 Å². The van der Waals surface area contributed by atoms with Gasteiger partial charge >= 0.3 is 5.97 Å². The molecule has 0 atom stereocenters. The van der Waals surface area contributed by atoms with Crippen LogP contribution in [0.15, 0.2) is 6.20 Å². The zero-order chi connectivity index (χ0) is 11.3. The van der Waals surface area contributed by atoms with E-state index in [1.165, 1.54) is 6.20 Å². The number of carbonyl (C=O) groups excluding carboxylic acids is 1. The van der Waals surface area contributed by atoms with E-state index in [-0.39, 0.29) is 10.8 Å². The van der Waals surface area contributed by atoms with Crippen LogP contribution in [-0.2, 0) is 4.79 Å². The lowest BCUT2D eigenvalue weighted by Gasteiger charge is -2.00. The molecule has 0 aliphatic rings. The molecule has 82 valence electrons. The summed E-state index contributed by atoms with van der Waals surface area (Å²) in [6.45, 7) is 0.437. The van der Waals surface area contributed by atoms with Crippen LogP contribution < -0.4 is 10.6 Å². The Kier molecular flexibility index (Phi) is 4.04. The monoisotopic (exact) mass is 229 g/mol. The molecule has 1 aromatic rings. The molecule has 1 amide bonds. The number of carboxylic acid groups (broad SMARTS) is 1. The van der Waals surface area contributed by atoms with E-state index >= 15 is 0 Å². The number of hydrogen-bond acceptors (Lipinski definition) is 5. The first-order valence-electron chi connectivity index (χ1n) is 4.27. The predicted octanol–water partition coefficient (Wildman–Crippen LogP) is 0.389. The second kappa shape index (κ2) is 5.30. The quantitative estimate of drug-likeness (QED) is 0.679.